The van der Waals surface area contributed by atoms with Crippen molar-refractivity contribution in [3.63, 3.8) is 0 Å². The standard InChI is InChI=1S/C14H20N2O2/c1-11-6-7-12(10-15-11)14(18)16-8-2-4-13(16)5-3-9-17/h6-7,10,13,17H,2-5,8-9H2,1H3. The number of aromatic nitrogens is 1. The van der Waals surface area contributed by atoms with E-state index >= 15 is 0 Å². The molecule has 1 aromatic heterocycles. The summed E-state index contributed by atoms with van der Waals surface area (Å²) in [5, 5.41) is 8.89. The number of rotatable bonds is 4. The number of nitrogens with zero attached hydrogens (tertiary/aromatic N) is 2. The van der Waals surface area contributed by atoms with Crippen molar-refractivity contribution in [1.29, 1.82) is 0 Å². The molecule has 0 aliphatic carbocycles. The van der Waals surface area contributed by atoms with E-state index in [1.165, 1.54) is 0 Å². The summed E-state index contributed by atoms with van der Waals surface area (Å²) in [5.74, 6) is 0.0722. The first-order valence-electron chi connectivity index (χ1n) is 6.57. The molecule has 1 unspecified atom stereocenters. The van der Waals surface area contributed by atoms with E-state index in [0.717, 1.165) is 37.9 Å². The Hall–Kier alpha value is -1.42. The summed E-state index contributed by atoms with van der Waals surface area (Å²) < 4.78 is 0. The zero-order valence-corrected chi connectivity index (χ0v) is 10.8. The zero-order valence-electron chi connectivity index (χ0n) is 10.8. The van der Waals surface area contributed by atoms with Crippen LogP contribution in [0.3, 0.4) is 0 Å². The molecule has 98 valence electrons. The smallest absolute Gasteiger partial charge is 0.255 e. The van der Waals surface area contributed by atoms with Gasteiger partial charge in [-0.05, 0) is 44.7 Å². The van der Waals surface area contributed by atoms with Crippen molar-refractivity contribution < 1.29 is 9.90 Å². The number of hydrogen-bond donors (Lipinski definition) is 1. The molecule has 1 N–H and O–H groups in total. The van der Waals surface area contributed by atoms with Gasteiger partial charge in [0.1, 0.15) is 0 Å². The van der Waals surface area contributed by atoms with E-state index in [-0.39, 0.29) is 18.6 Å². The Balaban J connectivity index is 2.05. The van der Waals surface area contributed by atoms with E-state index in [1.807, 2.05) is 24.0 Å². The molecule has 2 rings (SSSR count). The van der Waals surface area contributed by atoms with E-state index in [4.69, 9.17) is 5.11 Å². The van der Waals surface area contributed by atoms with Gasteiger partial charge in [-0.15, -0.1) is 0 Å². The zero-order chi connectivity index (χ0) is 13.0. The third-order valence-corrected chi connectivity index (χ3v) is 3.49. The largest absolute Gasteiger partial charge is 0.396 e. The molecule has 1 saturated heterocycles. The van der Waals surface area contributed by atoms with Crippen LogP contribution in [0.4, 0.5) is 0 Å². The molecule has 1 atom stereocenters. The first-order chi connectivity index (χ1) is 8.72. The van der Waals surface area contributed by atoms with Gasteiger partial charge in [-0.1, -0.05) is 0 Å². The maximum Gasteiger partial charge on any atom is 0.255 e. The first-order valence-corrected chi connectivity index (χ1v) is 6.57. The van der Waals surface area contributed by atoms with Crippen molar-refractivity contribution >= 4 is 5.91 Å². The SMILES string of the molecule is Cc1ccc(C(=O)N2CCCC2CCCO)cn1. The van der Waals surface area contributed by atoms with Crippen LogP contribution in [0.25, 0.3) is 0 Å². The topological polar surface area (TPSA) is 53.4 Å². The van der Waals surface area contributed by atoms with Crippen LogP contribution in [-0.2, 0) is 0 Å². The lowest BCUT2D eigenvalue weighted by molar-refractivity contribution is 0.0724. The van der Waals surface area contributed by atoms with Gasteiger partial charge in [0.25, 0.3) is 5.91 Å². The average molecular weight is 248 g/mol. The second-order valence-electron chi connectivity index (χ2n) is 4.85. The van der Waals surface area contributed by atoms with E-state index < -0.39 is 0 Å². The molecule has 0 spiro atoms. The van der Waals surface area contributed by atoms with E-state index in [2.05, 4.69) is 4.98 Å². The summed E-state index contributed by atoms with van der Waals surface area (Å²) in [7, 11) is 0. The van der Waals surface area contributed by atoms with Crippen LogP contribution < -0.4 is 0 Å². The summed E-state index contributed by atoms with van der Waals surface area (Å²) in [5.41, 5.74) is 1.58. The minimum Gasteiger partial charge on any atom is -0.396 e. The fraction of sp³-hybridized carbons (Fsp3) is 0.571. The summed E-state index contributed by atoms with van der Waals surface area (Å²) in [6.07, 6.45) is 5.41. The monoisotopic (exact) mass is 248 g/mol. The molecular weight excluding hydrogens is 228 g/mol. The Morgan fingerprint density at radius 2 is 2.39 bits per heavy atom. The molecule has 18 heavy (non-hydrogen) atoms. The predicted molar refractivity (Wildman–Crippen MR) is 69.4 cm³/mol. The van der Waals surface area contributed by atoms with Gasteiger partial charge in [0.15, 0.2) is 0 Å². The van der Waals surface area contributed by atoms with E-state index in [0.29, 0.717) is 5.56 Å². The van der Waals surface area contributed by atoms with Crippen molar-refractivity contribution in [2.45, 2.75) is 38.6 Å². The highest BCUT2D eigenvalue weighted by atomic mass is 16.3. The van der Waals surface area contributed by atoms with E-state index in [1.54, 1.807) is 6.20 Å². The highest BCUT2D eigenvalue weighted by Crippen LogP contribution is 2.23. The number of aliphatic hydroxyl groups is 1. The van der Waals surface area contributed by atoms with Crippen LogP contribution in [0.15, 0.2) is 18.3 Å². The lowest BCUT2D eigenvalue weighted by Crippen LogP contribution is -2.35. The molecule has 1 amide bonds. The van der Waals surface area contributed by atoms with Crippen molar-refractivity contribution in [3.8, 4) is 0 Å². The number of aryl methyl sites for hydroxylation is 1. The number of pyridine rings is 1. The van der Waals surface area contributed by atoms with Gasteiger partial charge in [-0.2, -0.15) is 0 Å². The number of carbonyl (C=O) groups is 1. The van der Waals surface area contributed by atoms with Crippen molar-refractivity contribution in [2.24, 2.45) is 0 Å². The van der Waals surface area contributed by atoms with Gasteiger partial charge >= 0.3 is 0 Å². The minimum absolute atomic E-state index is 0.0722. The van der Waals surface area contributed by atoms with Gasteiger partial charge in [-0.3, -0.25) is 9.78 Å². The average Bonchev–Trinajstić information content (AvgIpc) is 2.84. The fourth-order valence-electron chi connectivity index (χ4n) is 2.49. The molecule has 4 heteroatoms. The Kier molecular flexibility index (Phi) is 4.31. The van der Waals surface area contributed by atoms with Crippen LogP contribution in [-0.4, -0.2) is 40.1 Å². The molecule has 0 saturated carbocycles. The number of likely N-dealkylation sites (tertiary alicyclic amines) is 1. The van der Waals surface area contributed by atoms with Crippen LogP contribution >= 0.6 is 0 Å². The molecule has 0 bridgehead atoms. The maximum atomic E-state index is 12.4. The van der Waals surface area contributed by atoms with Gasteiger partial charge in [0, 0.05) is 31.1 Å². The molecule has 1 aliphatic heterocycles. The van der Waals surface area contributed by atoms with E-state index in [9.17, 15) is 4.79 Å². The Labute approximate surface area is 108 Å². The van der Waals surface area contributed by atoms with Crippen molar-refractivity contribution in [1.82, 2.24) is 9.88 Å². The third kappa shape index (κ3) is 2.88. The normalized spacial score (nSPS) is 19.2. The third-order valence-electron chi connectivity index (χ3n) is 3.49. The minimum atomic E-state index is 0.0722. The van der Waals surface area contributed by atoms with Gasteiger partial charge in [0.05, 0.1) is 5.56 Å². The van der Waals surface area contributed by atoms with Gasteiger partial charge in [0.2, 0.25) is 0 Å². The highest BCUT2D eigenvalue weighted by Gasteiger charge is 2.28. The van der Waals surface area contributed by atoms with Crippen molar-refractivity contribution in [3.05, 3.63) is 29.6 Å². The summed E-state index contributed by atoms with van der Waals surface area (Å²) in [4.78, 5) is 18.5. The number of hydrogen-bond acceptors (Lipinski definition) is 3. The number of amides is 1. The maximum absolute atomic E-state index is 12.4. The Morgan fingerprint density at radius 1 is 1.56 bits per heavy atom. The molecule has 1 aromatic rings. The molecule has 2 heterocycles. The molecule has 0 aromatic carbocycles. The van der Waals surface area contributed by atoms with Gasteiger partial charge in [-0.25, -0.2) is 0 Å². The van der Waals surface area contributed by atoms with Crippen LogP contribution in [0.1, 0.15) is 41.7 Å². The summed E-state index contributed by atoms with van der Waals surface area (Å²) in [6, 6.07) is 3.99. The first kappa shape index (κ1) is 13.0. The number of carbonyl (C=O) groups excluding carboxylic acids is 1. The molecule has 4 nitrogen and oxygen atoms in total. The molecule has 1 aliphatic rings. The molecule has 0 radical (unpaired) electrons. The molecule has 1 fully saturated rings. The summed E-state index contributed by atoms with van der Waals surface area (Å²) >= 11 is 0. The lowest BCUT2D eigenvalue weighted by Gasteiger charge is -2.24. The second kappa shape index (κ2) is 5.96. The van der Waals surface area contributed by atoms with Crippen LogP contribution in [0.2, 0.25) is 0 Å². The van der Waals surface area contributed by atoms with Crippen LogP contribution in [0.5, 0.6) is 0 Å². The molecular formula is C14H20N2O2. The Bertz CT molecular complexity index is 403. The Morgan fingerprint density at radius 3 is 3.06 bits per heavy atom. The quantitative estimate of drug-likeness (QED) is 0.883. The van der Waals surface area contributed by atoms with Crippen LogP contribution in [0, 0.1) is 6.92 Å². The fourth-order valence-corrected chi connectivity index (χ4v) is 2.49. The summed E-state index contributed by atoms with van der Waals surface area (Å²) in [6.45, 7) is 2.93. The lowest BCUT2D eigenvalue weighted by atomic mass is 10.1. The number of aliphatic hydroxyl groups excluding tert-OH is 1. The highest BCUT2D eigenvalue weighted by molar-refractivity contribution is 5.94. The van der Waals surface area contributed by atoms with Crippen molar-refractivity contribution in [2.75, 3.05) is 13.2 Å². The van der Waals surface area contributed by atoms with Gasteiger partial charge < -0.3 is 10.0 Å². The second-order valence-corrected chi connectivity index (χ2v) is 4.85. The predicted octanol–water partition coefficient (Wildman–Crippen LogP) is 1.77.